The average molecular weight is 337 g/mol. The third kappa shape index (κ3) is 2.53. The second-order valence-corrected chi connectivity index (χ2v) is 7.09. The number of hydrogen-bond acceptors (Lipinski definition) is 3. The van der Waals surface area contributed by atoms with Crippen molar-refractivity contribution < 1.29 is 4.79 Å². The minimum absolute atomic E-state index is 0.00891. The van der Waals surface area contributed by atoms with Gasteiger partial charge in [-0.3, -0.25) is 4.79 Å². The van der Waals surface area contributed by atoms with Crippen molar-refractivity contribution in [1.29, 1.82) is 0 Å². The molecule has 5 heteroatoms. The standard InChI is InChI=1S/C14H13BrN2OS/c15-13-6-5-12(19-13)14(18)17-11-4-1-8-7-9(16)2-3-10(8)11/h2-3,5-7,11H,1,4,16H2,(H,17,18). The Morgan fingerprint density at radius 1 is 1.37 bits per heavy atom. The normalized spacial score (nSPS) is 17.2. The van der Waals surface area contributed by atoms with Crippen LogP contribution >= 0.6 is 27.3 Å². The molecule has 1 aliphatic carbocycles. The van der Waals surface area contributed by atoms with Crippen molar-refractivity contribution in [2.45, 2.75) is 18.9 Å². The molecule has 1 amide bonds. The summed E-state index contributed by atoms with van der Waals surface area (Å²) in [5.74, 6) is -0.00891. The number of nitrogen functional groups attached to an aromatic ring is 1. The number of fused-ring (bicyclic) bond motifs is 1. The highest BCUT2D eigenvalue weighted by Crippen LogP contribution is 2.33. The van der Waals surface area contributed by atoms with Gasteiger partial charge in [-0.25, -0.2) is 0 Å². The van der Waals surface area contributed by atoms with Crippen molar-refractivity contribution in [3.05, 3.63) is 50.1 Å². The molecule has 0 saturated heterocycles. The van der Waals surface area contributed by atoms with Crippen LogP contribution in [-0.2, 0) is 6.42 Å². The van der Waals surface area contributed by atoms with Gasteiger partial charge in [0.05, 0.1) is 14.7 Å². The zero-order valence-corrected chi connectivity index (χ0v) is 12.6. The van der Waals surface area contributed by atoms with E-state index in [0.717, 1.165) is 27.2 Å². The van der Waals surface area contributed by atoms with Gasteiger partial charge in [-0.1, -0.05) is 6.07 Å². The van der Waals surface area contributed by atoms with Gasteiger partial charge in [0.1, 0.15) is 0 Å². The largest absolute Gasteiger partial charge is 0.399 e. The van der Waals surface area contributed by atoms with Crippen molar-refractivity contribution in [2.75, 3.05) is 5.73 Å². The Bertz CT molecular complexity index is 638. The molecule has 19 heavy (non-hydrogen) atoms. The maximum atomic E-state index is 12.1. The first-order chi connectivity index (χ1) is 9.13. The number of amides is 1. The first-order valence-electron chi connectivity index (χ1n) is 6.08. The summed E-state index contributed by atoms with van der Waals surface area (Å²) < 4.78 is 0.970. The molecular weight excluding hydrogens is 324 g/mol. The van der Waals surface area contributed by atoms with Crippen molar-refractivity contribution in [2.24, 2.45) is 0 Å². The van der Waals surface area contributed by atoms with Crippen molar-refractivity contribution in [3.63, 3.8) is 0 Å². The van der Waals surface area contributed by atoms with Crippen LogP contribution in [0, 0.1) is 0 Å². The summed E-state index contributed by atoms with van der Waals surface area (Å²) in [6.45, 7) is 0. The summed E-state index contributed by atoms with van der Waals surface area (Å²) in [5, 5.41) is 3.09. The van der Waals surface area contributed by atoms with Gasteiger partial charge in [-0.05, 0) is 64.2 Å². The molecule has 1 atom stereocenters. The van der Waals surface area contributed by atoms with Crippen LogP contribution in [0.3, 0.4) is 0 Å². The van der Waals surface area contributed by atoms with E-state index >= 15 is 0 Å². The molecule has 0 bridgehead atoms. The van der Waals surface area contributed by atoms with Gasteiger partial charge in [0, 0.05) is 5.69 Å². The van der Waals surface area contributed by atoms with E-state index in [1.54, 1.807) is 0 Å². The zero-order chi connectivity index (χ0) is 13.4. The third-order valence-electron chi connectivity index (χ3n) is 3.35. The summed E-state index contributed by atoms with van der Waals surface area (Å²) in [6.07, 6.45) is 1.91. The molecule has 0 fully saturated rings. The number of nitrogens with one attached hydrogen (secondary N) is 1. The lowest BCUT2D eigenvalue weighted by atomic mass is 10.1. The van der Waals surface area contributed by atoms with Gasteiger partial charge >= 0.3 is 0 Å². The smallest absolute Gasteiger partial charge is 0.261 e. The number of aryl methyl sites for hydroxylation is 1. The van der Waals surface area contributed by atoms with E-state index in [2.05, 4.69) is 21.2 Å². The number of benzene rings is 1. The first-order valence-corrected chi connectivity index (χ1v) is 7.69. The predicted molar refractivity (Wildman–Crippen MR) is 81.4 cm³/mol. The topological polar surface area (TPSA) is 55.1 Å². The van der Waals surface area contributed by atoms with E-state index in [-0.39, 0.29) is 11.9 Å². The third-order valence-corrected chi connectivity index (χ3v) is 4.97. The van der Waals surface area contributed by atoms with Crippen LogP contribution in [0.5, 0.6) is 0 Å². The molecule has 1 aliphatic rings. The van der Waals surface area contributed by atoms with E-state index in [0.29, 0.717) is 0 Å². The number of anilines is 1. The van der Waals surface area contributed by atoms with Gasteiger partial charge in [-0.15, -0.1) is 11.3 Å². The van der Waals surface area contributed by atoms with E-state index < -0.39 is 0 Å². The quantitative estimate of drug-likeness (QED) is 0.824. The van der Waals surface area contributed by atoms with Gasteiger partial charge < -0.3 is 11.1 Å². The number of carbonyl (C=O) groups is 1. The van der Waals surface area contributed by atoms with Crippen molar-refractivity contribution in [1.82, 2.24) is 5.32 Å². The second-order valence-electron chi connectivity index (χ2n) is 4.63. The zero-order valence-electron chi connectivity index (χ0n) is 10.2. The number of carbonyl (C=O) groups excluding carboxylic acids is 1. The molecule has 0 aliphatic heterocycles. The van der Waals surface area contributed by atoms with Crippen molar-refractivity contribution in [3.8, 4) is 0 Å². The molecule has 3 N–H and O–H groups in total. The molecule has 1 heterocycles. The first kappa shape index (κ1) is 12.7. The molecule has 1 unspecified atom stereocenters. The number of nitrogens with two attached hydrogens (primary N) is 1. The molecule has 1 aromatic carbocycles. The Hall–Kier alpha value is -1.33. The Kier molecular flexibility index (Phi) is 3.33. The molecule has 3 nitrogen and oxygen atoms in total. The van der Waals surface area contributed by atoms with Crippen molar-refractivity contribution >= 4 is 38.9 Å². The minimum atomic E-state index is -0.00891. The highest BCUT2D eigenvalue weighted by molar-refractivity contribution is 9.11. The van der Waals surface area contributed by atoms with E-state index in [9.17, 15) is 4.79 Å². The Labute approximate surface area is 124 Å². The molecular formula is C14H13BrN2OS. The summed E-state index contributed by atoms with van der Waals surface area (Å²) in [4.78, 5) is 12.9. The van der Waals surface area contributed by atoms with Crippen LogP contribution in [0.25, 0.3) is 0 Å². The Morgan fingerprint density at radius 3 is 2.95 bits per heavy atom. The fourth-order valence-electron chi connectivity index (χ4n) is 2.45. The highest BCUT2D eigenvalue weighted by Gasteiger charge is 2.24. The van der Waals surface area contributed by atoms with Crippen LogP contribution in [0.15, 0.2) is 34.1 Å². The summed E-state index contributed by atoms with van der Waals surface area (Å²) in [6, 6.07) is 9.75. The summed E-state index contributed by atoms with van der Waals surface area (Å²) in [5.41, 5.74) is 9.01. The lowest BCUT2D eigenvalue weighted by Crippen LogP contribution is -2.26. The minimum Gasteiger partial charge on any atom is -0.399 e. The summed E-state index contributed by atoms with van der Waals surface area (Å²) >= 11 is 4.82. The van der Waals surface area contributed by atoms with Crippen LogP contribution < -0.4 is 11.1 Å². The maximum absolute atomic E-state index is 12.1. The van der Waals surface area contributed by atoms with Crippen LogP contribution in [0.1, 0.15) is 33.3 Å². The average Bonchev–Trinajstić information content (AvgIpc) is 2.96. The van der Waals surface area contributed by atoms with Crippen LogP contribution in [-0.4, -0.2) is 5.91 Å². The number of thiophene rings is 1. The predicted octanol–water partition coefficient (Wildman–Crippen LogP) is 3.51. The number of halogens is 1. The molecule has 98 valence electrons. The molecule has 0 saturated carbocycles. The second kappa shape index (κ2) is 4.98. The van der Waals surface area contributed by atoms with Crippen LogP contribution in [0.2, 0.25) is 0 Å². The molecule has 2 aromatic rings. The highest BCUT2D eigenvalue weighted by atomic mass is 79.9. The van der Waals surface area contributed by atoms with E-state index in [4.69, 9.17) is 5.73 Å². The fraction of sp³-hybridized carbons (Fsp3) is 0.214. The Balaban J connectivity index is 1.78. The van der Waals surface area contributed by atoms with E-state index in [1.807, 2.05) is 30.3 Å². The van der Waals surface area contributed by atoms with Gasteiger partial charge in [0.25, 0.3) is 5.91 Å². The lowest BCUT2D eigenvalue weighted by Gasteiger charge is -2.13. The Morgan fingerprint density at radius 2 is 2.21 bits per heavy atom. The molecule has 1 aromatic heterocycles. The van der Waals surface area contributed by atoms with Crippen LogP contribution in [0.4, 0.5) is 5.69 Å². The molecule has 3 rings (SSSR count). The monoisotopic (exact) mass is 336 g/mol. The van der Waals surface area contributed by atoms with Gasteiger partial charge in [0.2, 0.25) is 0 Å². The number of rotatable bonds is 2. The maximum Gasteiger partial charge on any atom is 0.261 e. The molecule has 0 spiro atoms. The van der Waals surface area contributed by atoms with E-state index in [1.165, 1.54) is 22.5 Å². The number of hydrogen-bond donors (Lipinski definition) is 2. The summed E-state index contributed by atoms with van der Waals surface area (Å²) in [7, 11) is 0. The van der Waals surface area contributed by atoms with Gasteiger partial charge in [0.15, 0.2) is 0 Å². The SMILES string of the molecule is Nc1ccc2c(c1)CCC2NC(=O)c1ccc(Br)s1. The fourth-order valence-corrected chi connectivity index (χ4v) is 3.74. The van der Waals surface area contributed by atoms with Gasteiger partial charge in [-0.2, -0.15) is 0 Å². The lowest BCUT2D eigenvalue weighted by molar-refractivity contribution is 0.0941. The molecule has 0 radical (unpaired) electrons.